The fraction of sp³-hybridized carbons (Fsp3) is 0.929. The lowest BCUT2D eigenvalue weighted by molar-refractivity contribution is 0.181. The van der Waals surface area contributed by atoms with Crippen molar-refractivity contribution in [3.63, 3.8) is 0 Å². The minimum Gasteiger partial charge on any atom is -0.381 e. The third kappa shape index (κ3) is 7.64. The number of nitrogens with one attached hydrogen (secondary N) is 1. The molecule has 0 spiro atoms. The Labute approximate surface area is 141 Å². The van der Waals surface area contributed by atoms with E-state index < -0.39 is 0 Å². The molecule has 1 aliphatic heterocycles. The van der Waals surface area contributed by atoms with E-state index in [2.05, 4.69) is 43.1 Å². The molecule has 0 saturated carbocycles. The fourth-order valence-electron chi connectivity index (χ4n) is 2.16. The fourth-order valence-corrected chi connectivity index (χ4v) is 2.16. The van der Waals surface area contributed by atoms with Gasteiger partial charge in [0.05, 0.1) is 13.2 Å². The number of guanidine groups is 1. The lowest BCUT2D eigenvalue weighted by Crippen LogP contribution is -2.41. The summed E-state index contributed by atoms with van der Waals surface area (Å²) in [5.74, 6) is 1.66. The molecule has 6 heteroatoms. The van der Waals surface area contributed by atoms with Crippen molar-refractivity contribution in [3.05, 3.63) is 0 Å². The molecule has 0 radical (unpaired) electrons. The van der Waals surface area contributed by atoms with E-state index in [1.54, 1.807) is 0 Å². The average molecular weight is 398 g/mol. The number of halogens is 1. The van der Waals surface area contributed by atoms with Crippen molar-refractivity contribution in [2.24, 2.45) is 10.9 Å². The van der Waals surface area contributed by atoms with Gasteiger partial charge < -0.3 is 19.9 Å². The maximum absolute atomic E-state index is 5.43. The van der Waals surface area contributed by atoms with Gasteiger partial charge in [0.1, 0.15) is 0 Å². The number of likely N-dealkylation sites (N-methyl/N-ethyl adjacent to an activating group) is 1. The normalized spacial score (nSPS) is 19.1. The maximum atomic E-state index is 5.43. The Kier molecular flexibility index (Phi) is 11.5. The van der Waals surface area contributed by atoms with Gasteiger partial charge in [-0.25, -0.2) is 0 Å². The summed E-state index contributed by atoms with van der Waals surface area (Å²) in [4.78, 5) is 9.20. The summed E-state index contributed by atoms with van der Waals surface area (Å²) in [6, 6.07) is 0. The summed E-state index contributed by atoms with van der Waals surface area (Å²) >= 11 is 0. The van der Waals surface area contributed by atoms with Crippen LogP contribution in [0.3, 0.4) is 0 Å². The molecule has 120 valence electrons. The van der Waals surface area contributed by atoms with Crippen LogP contribution in [-0.2, 0) is 4.74 Å². The molecule has 0 aromatic rings. The second-order valence-corrected chi connectivity index (χ2v) is 5.24. The molecule has 0 aliphatic carbocycles. The molecule has 1 aliphatic rings. The van der Waals surface area contributed by atoms with Crippen LogP contribution in [-0.4, -0.2) is 75.8 Å². The van der Waals surface area contributed by atoms with Crippen LogP contribution in [0.5, 0.6) is 0 Å². The van der Waals surface area contributed by atoms with Crippen molar-refractivity contribution in [1.82, 2.24) is 15.1 Å². The van der Waals surface area contributed by atoms with Gasteiger partial charge in [0, 0.05) is 39.2 Å². The van der Waals surface area contributed by atoms with Crippen LogP contribution in [0.4, 0.5) is 0 Å². The minimum absolute atomic E-state index is 0. The SMILES string of the molecule is CCNC(=NCCN(C)CC)N(C)CC1CCOC1.I. The predicted octanol–water partition coefficient (Wildman–Crippen LogP) is 1.49. The summed E-state index contributed by atoms with van der Waals surface area (Å²) in [5.41, 5.74) is 0. The van der Waals surface area contributed by atoms with Gasteiger partial charge in [-0.2, -0.15) is 0 Å². The van der Waals surface area contributed by atoms with Crippen LogP contribution in [0.2, 0.25) is 0 Å². The zero-order chi connectivity index (χ0) is 14.1. The third-order valence-electron chi connectivity index (χ3n) is 3.54. The number of rotatable bonds is 7. The molecule has 0 aromatic carbocycles. The Morgan fingerprint density at radius 3 is 2.65 bits per heavy atom. The van der Waals surface area contributed by atoms with Crippen LogP contribution >= 0.6 is 24.0 Å². The summed E-state index contributed by atoms with van der Waals surface area (Å²) in [6.45, 7) is 10.9. The van der Waals surface area contributed by atoms with E-state index in [0.717, 1.165) is 51.9 Å². The van der Waals surface area contributed by atoms with Gasteiger partial charge in [0.15, 0.2) is 5.96 Å². The molecule has 0 aromatic heterocycles. The van der Waals surface area contributed by atoms with E-state index in [0.29, 0.717) is 5.92 Å². The van der Waals surface area contributed by atoms with Crippen LogP contribution in [0.1, 0.15) is 20.3 Å². The molecule has 1 atom stereocenters. The maximum Gasteiger partial charge on any atom is 0.193 e. The largest absolute Gasteiger partial charge is 0.381 e. The number of aliphatic imine (C=N–C) groups is 1. The van der Waals surface area contributed by atoms with Crippen molar-refractivity contribution >= 4 is 29.9 Å². The van der Waals surface area contributed by atoms with Gasteiger partial charge in [-0.3, -0.25) is 4.99 Å². The Morgan fingerprint density at radius 1 is 1.35 bits per heavy atom. The average Bonchev–Trinajstić information content (AvgIpc) is 2.90. The van der Waals surface area contributed by atoms with Gasteiger partial charge >= 0.3 is 0 Å². The highest BCUT2D eigenvalue weighted by Crippen LogP contribution is 2.13. The van der Waals surface area contributed by atoms with Gasteiger partial charge in [-0.05, 0) is 26.9 Å². The number of nitrogens with zero attached hydrogens (tertiary/aromatic N) is 3. The second-order valence-electron chi connectivity index (χ2n) is 5.24. The first-order valence-electron chi connectivity index (χ1n) is 7.43. The van der Waals surface area contributed by atoms with E-state index in [-0.39, 0.29) is 24.0 Å². The Bertz CT molecular complexity index is 270. The van der Waals surface area contributed by atoms with E-state index in [1.807, 2.05) is 0 Å². The lowest BCUT2D eigenvalue weighted by atomic mass is 10.1. The quantitative estimate of drug-likeness (QED) is 0.401. The van der Waals surface area contributed by atoms with Crippen molar-refractivity contribution in [2.75, 3.05) is 60.0 Å². The second kappa shape index (κ2) is 11.6. The molecular formula is C14H31IN4O. The summed E-state index contributed by atoms with van der Waals surface area (Å²) in [7, 11) is 4.24. The standard InChI is InChI=1S/C14H30N4O.HI/c1-5-15-14(16-8-9-17(3)6-2)18(4)11-13-7-10-19-12-13;/h13H,5-12H2,1-4H3,(H,15,16);1H. The van der Waals surface area contributed by atoms with Crippen molar-refractivity contribution in [3.8, 4) is 0 Å². The molecule has 1 heterocycles. The Balaban J connectivity index is 0.00000361. The van der Waals surface area contributed by atoms with Gasteiger partial charge in [-0.1, -0.05) is 6.92 Å². The van der Waals surface area contributed by atoms with Gasteiger partial charge in [0.25, 0.3) is 0 Å². The molecule has 1 rings (SSSR count). The third-order valence-corrected chi connectivity index (χ3v) is 3.54. The van der Waals surface area contributed by atoms with Crippen molar-refractivity contribution < 1.29 is 4.74 Å². The highest BCUT2D eigenvalue weighted by atomic mass is 127. The number of hydrogen-bond donors (Lipinski definition) is 1. The highest BCUT2D eigenvalue weighted by Gasteiger charge is 2.18. The van der Waals surface area contributed by atoms with Crippen LogP contribution < -0.4 is 5.32 Å². The highest BCUT2D eigenvalue weighted by molar-refractivity contribution is 14.0. The molecule has 1 fully saturated rings. The zero-order valence-electron chi connectivity index (χ0n) is 13.4. The minimum atomic E-state index is 0. The lowest BCUT2D eigenvalue weighted by Gasteiger charge is -2.24. The molecule has 5 nitrogen and oxygen atoms in total. The molecule has 1 unspecified atom stereocenters. The van der Waals surface area contributed by atoms with E-state index in [9.17, 15) is 0 Å². The summed E-state index contributed by atoms with van der Waals surface area (Å²) < 4.78 is 5.43. The van der Waals surface area contributed by atoms with E-state index in [4.69, 9.17) is 9.73 Å². The van der Waals surface area contributed by atoms with Gasteiger partial charge in [0.2, 0.25) is 0 Å². The Morgan fingerprint density at radius 2 is 2.10 bits per heavy atom. The summed E-state index contributed by atoms with van der Waals surface area (Å²) in [5, 5.41) is 3.36. The molecular weight excluding hydrogens is 367 g/mol. The number of ether oxygens (including phenoxy) is 1. The first-order valence-corrected chi connectivity index (χ1v) is 7.43. The monoisotopic (exact) mass is 398 g/mol. The first-order chi connectivity index (χ1) is 9.17. The van der Waals surface area contributed by atoms with Crippen LogP contribution in [0, 0.1) is 5.92 Å². The first kappa shape index (κ1) is 19.9. The van der Waals surface area contributed by atoms with Crippen molar-refractivity contribution in [2.45, 2.75) is 20.3 Å². The summed E-state index contributed by atoms with van der Waals surface area (Å²) in [6.07, 6.45) is 1.17. The molecule has 20 heavy (non-hydrogen) atoms. The van der Waals surface area contributed by atoms with Crippen LogP contribution in [0.25, 0.3) is 0 Å². The van der Waals surface area contributed by atoms with E-state index in [1.165, 1.54) is 6.42 Å². The van der Waals surface area contributed by atoms with Crippen LogP contribution in [0.15, 0.2) is 4.99 Å². The van der Waals surface area contributed by atoms with Gasteiger partial charge in [-0.15, -0.1) is 24.0 Å². The topological polar surface area (TPSA) is 40.1 Å². The molecule has 0 amide bonds. The molecule has 1 saturated heterocycles. The number of hydrogen-bond acceptors (Lipinski definition) is 3. The van der Waals surface area contributed by atoms with E-state index >= 15 is 0 Å². The molecule has 0 bridgehead atoms. The predicted molar refractivity (Wildman–Crippen MR) is 96.1 cm³/mol. The Hall–Kier alpha value is -0.0800. The zero-order valence-corrected chi connectivity index (χ0v) is 15.7. The molecule has 1 N–H and O–H groups in total. The smallest absolute Gasteiger partial charge is 0.193 e. The van der Waals surface area contributed by atoms with Crippen molar-refractivity contribution in [1.29, 1.82) is 0 Å².